The van der Waals surface area contributed by atoms with Crippen molar-refractivity contribution in [1.29, 1.82) is 0 Å². The van der Waals surface area contributed by atoms with Crippen molar-refractivity contribution in [2.24, 2.45) is 0 Å². The number of nitrogens with zero attached hydrogens (tertiary/aromatic N) is 2. The van der Waals surface area contributed by atoms with Gasteiger partial charge in [-0.1, -0.05) is 42.3 Å². The maximum absolute atomic E-state index is 12.6. The van der Waals surface area contributed by atoms with Crippen molar-refractivity contribution in [3.8, 4) is 5.69 Å². The van der Waals surface area contributed by atoms with Crippen LogP contribution in [0, 0.1) is 6.92 Å². The molecule has 3 rings (SSSR count). The van der Waals surface area contributed by atoms with Gasteiger partial charge in [0.15, 0.2) is 0 Å². The molecular formula is C19H18ClN3O. The predicted octanol–water partition coefficient (Wildman–Crippen LogP) is 4.65. The van der Waals surface area contributed by atoms with E-state index in [1.165, 1.54) is 5.56 Å². The third-order valence-corrected chi connectivity index (χ3v) is 4.04. The summed E-state index contributed by atoms with van der Waals surface area (Å²) >= 11 is 5.96. The van der Waals surface area contributed by atoms with Gasteiger partial charge in [-0.2, -0.15) is 5.10 Å². The van der Waals surface area contributed by atoms with Crippen LogP contribution in [0.1, 0.15) is 28.5 Å². The van der Waals surface area contributed by atoms with Crippen molar-refractivity contribution in [3.63, 3.8) is 0 Å². The number of anilines is 1. The van der Waals surface area contributed by atoms with E-state index in [0.717, 1.165) is 11.4 Å². The normalized spacial score (nSPS) is 10.6. The molecule has 0 aliphatic carbocycles. The Morgan fingerprint density at radius 2 is 1.96 bits per heavy atom. The Hall–Kier alpha value is -2.59. The molecular weight excluding hydrogens is 322 g/mol. The Labute approximate surface area is 146 Å². The molecule has 1 aromatic heterocycles. The van der Waals surface area contributed by atoms with Crippen LogP contribution in [0.5, 0.6) is 0 Å². The minimum atomic E-state index is -0.188. The van der Waals surface area contributed by atoms with Crippen LogP contribution in [0.2, 0.25) is 5.02 Å². The van der Waals surface area contributed by atoms with Gasteiger partial charge in [-0.3, -0.25) is 4.79 Å². The molecule has 24 heavy (non-hydrogen) atoms. The Balaban J connectivity index is 1.91. The Morgan fingerprint density at radius 1 is 1.21 bits per heavy atom. The average Bonchev–Trinajstić information content (AvgIpc) is 2.99. The van der Waals surface area contributed by atoms with Crippen LogP contribution in [0.15, 0.2) is 54.7 Å². The summed E-state index contributed by atoms with van der Waals surface area (Å²) < 4.78 is 1.81. The molecule has 1 amide bonds. The molecule has 1 heterocycles. The molecule has 0 unspecified atom stereocenters. The lowest BCUT2D eigenvalue weighted by atomic mass is 10.1. The molecule has 0 saturated carbocycles. The molecule has 0 saturated heterocycles. The van der Waals surface area contributed by atoms with Gasteiger partial charge in [-0.25, -0.2) is 4.68 Å². The molecule has 4 nitrogen and oxygen atoms in total. The van der Waals surface area contributed by atoms with E-state index >= 15 is 0 Å². The molecule has 0 atom stereocenters. The number of nitrogens with one attached hydrogen (secondary N) is 1. The summed E-state index contributed by atoms with van der Waals surface area (Å²) in [5, 5.41) is 7.85. The number of carbonyl (C=O) groups excluding carboxylic acids is 1. The molecule has 122 valence electrons. The topological polar surface area (TPSA) is 46.9 Å². The zero-order valence-corrected chi connectivity index (χ0v) is 14.3. The fourth-order valence-electron chi connectivity index (χ4n) is 2.58. The lowest BCUT2D eigenvalue weighted by molar-refractivity contribution is 0.102. The molecule has 0 fully saturated rings. The largest absolute Gasteiger partial charge is 0.322 e. The van der Waals surface area contributed by atoms with Crippen LogP contribution >= 0.6 is 11.6 Å². The summed E-state index contributed by atoms with van der Waals surface area (Å²) in [4.78, 5) is 12.6. The Bertz CT molecular complexity index is 869. The SMILES string of the molecule is CCc1c(C(=O)Nc2cccc(Cl)c2)cnn1-c1ccc(C)cc1. The van der Waals surface area contributed by atoms with Crippen LogP contribution in [0.4, 0.5) is 5.69 Å². The first-order valence-electron chi connectivity index (χ1n) is 7.79. The maximum Gasteiger partial charge on any atom is 0.259 e. The van der Waals surface area contributed by atoms with E-state index in [1.54, 1.807) is 30.5 Å². The number of rotatable bonds is 4. The lowest BCUT2D eigenvalue weighted by Crippen LogP contribution is -2.14. The van der Waals surface area contributed by atoms with Crippen molar-refractivity contribution >= 4 is 23.2 Å². The first kappa shape index (κ1) is 16.3. The number of carbonyl (C=O) groups is 1. The fraction of sp³-hybridized carbons (Fsp3) is 0.158. The van der Waals surface area contributed by atoms with Crippen LogP contribution in [-0.4, -0.2) is 15.7 Å². The summed E-state index contributed by atoms with van der Waals surface area (Å²) in [6, 6.07) is 15.2. The number of aromatic nitrogens is 2. The third-order valence-electron chi connectivity index (χ3n) is 3.81. The monoisotopic (exact) mass is 339 g/mol. The lowest BCUT2D eigenvalue weighted by Gasteiger charge is -2.09. The minimum absolute atomic E-state index is 0.188. The number of aryl methyl sites for hydroxylation is 1. The van der Waals surface area contributed by atoms with Crippen LogP contribution in [0.3, 0.4) is 0 Å². The molecule has 0 bridgehead atoms. The standard InChI is InChI=1S/C19H18ClN3O/c1-3-18-17(19(24)22-15-6-4-5-14(20)11-15)12-21-23(18)16-9-7-13(2)8-10-16/h4-12H,3H2,1-2H3,(H,22,24). The van der Waals surface area contributed by atoms with Gasteiger partial charge >= 0.3 is 0 Å². The molecule has 0 radical (unpaired) electrons. The number of halogens is 1. The highest BCUT2D eigenvalue weighted by molar-refractivity contribution is 6.31. The maximum atomic E-state index is 12.6. The number of amides is 1. The molecule has 0 spiro atoms. The first-order chi connectivity index (χ1) is 11.6. The second-order valence-corrected chi connectivity index (χ2v) is 6.01. The molecule has 0 aliphatic heterocycles. The Morgan fingerprint density at radius 3 is 2.62 bits per heavy atom. The van der Waals surface area contributed by atoms with Crippen molar-refractivity contribution in [1.82, 2.24) is 9.78 Å². The second-order valence-electron chi connectivity index (χ2n) is 5.57. The van der Waals surface area contributed by atoms with E-state index in [1.807, 2.05) is 42.8 Å². The Kier molecular flexibility index (Phi) is 4.67. The molecule has 1 N–H and O–H groups in total. The quantitative estimate of drug-likeness (QED) is 0.752. The summed E-state index contributed by atoms with van der Waals surface area (Å²) in [5.74, 6) is -0.188. The molecule has 0 aliphatic rings. The summed E-state index contributed by atoms with van der Waals surface area (Å²) in [6.45, 7) is 4.05. The summed E-state index contributed by atoms with van der Waals surface area (Å²) in [6.07, 6.45) is 2.31. The van der Waals surface area contributed by atoms with E-state index in [9.17, 15) is 4.79 Å². The van der Waals surface area contributed by atoms with Gasteiger partial charge in [0.25, 0.3) is 5.91 Å². The second kappa shape index (κ2) is 6.89. The number of hydrogen-bond acceptors (Lipinski definition) is 2. The van der Waals surface area contributed by atoms with Gasteiger partial charge < -0.3 is 5.32 Å². The number of benzene rings is 2. The van der Waals surface area contributed by atoms with E-state index in [-0.39, 0.29) is 5.91 Å². The van der Waals surface area contributed by atoms with Crippen molar-refractivity contribution < 1.29 is 4.79 Å². The van der Waals surface area contributed by atoms with Gasteiger partial charge in [-0.15, -0.1) is 0 Å². The van der Waals surface area contributed by atoms with Crippen molar-refractivity contribution in [2.75, 3.05) is 5.32 Å². The molecule has 5 heteroatoms. The minimum Gasteiger partial charge on any atom is -0.322 e. The summed E-state index contributed by atoms with van der Waals surface area (Å²) in [7, 11) is 0. The fourth-order valence-corrected chi connectivity index (χ4v) is 2.77. The smallest absolute Gasteiger partial charge is 0.259 e. The van der Waals surface area contributed by atoms with Crippen molar-refractivity contribution in [2.45, 2.75) is 20.3 Å². The zero-order valence-electron chi connectivity index (χ0n) is 13.6. The van der Waals surface area contributed by atoms with Gasteiger partial charge in [0.05, 0.1) is 23.1 Å². The van der Waals surface area contributed by atoms with E-state index in [2.05, 4.69) is 10.4 Å². The molecule has 2 aromatic carbocycles. The van der Waals surface area contributed by atoms with Gasteiger partial charge in [0, 0.05) is 10.7 Å². The average molecular weight is 340 g/mol. The predicted molar refractivity (Wildman–Crippen MR) is 97.1 cm³/mol. The van der Waals surface area contributed by atoms with Crippen LogP contribution in [-0.2, 0) is 6.42 Å². The van der Waals surface area contributed by atoms with Gasteiger partial charge in [-0.05, 0) is 43.7 Å². The third kappa shape index (κ3) is 3.34. The van der Waals surface area contributed by atoms with Crippen LogP contribution in [0.25, 0.3) is 5.69 Å². The van der Waals surface area contributed by atoms with E-state index in [4.69, 9.17) is 11.6 Å². The van der Waals surface area contributed by atoms with Gasteiger partial charge in [0.1, 0.15) is 0 Å². The highest BCUT2D eigenvalue weighted by atomic mass is 35.5. The first-order valence-corrected chi connectivity index (χ1v) is 8.17. The molecule has 3 aromatic rings. The van der Waals surface area contributed by atoms with Crippen molar-refractivity contribution in [3.05, 3.63) is 76.6 Å². The number of hydrogen-bond donors (Lipinski definition) is 1. The highest BCUT2D eigenvalue weighted by Gasteiger charge is 2.17. The zero-order chi connectivity index (χ0) is 17.1. The highest BCUT2D eigenvalue weighted by Crippen LogP contribution is 2.19. The van der Waals surface area contributed by atoms with E-state index < -0.39 is 0 Å². The van der Waals surface area contributed by atoms with E-state index in [0.29, 0.717) is 22.7 Å². The van der Waals surface area contributed by atoms with Gasteiger partial charge in [0.2, 0.25) is 0 Å². The summed E-state index contributed by atoms with van der Waals surface area (Å²) in [5.41, 5.74) is 4.23. The van der Waals surface area contributed by atoms with Crippen LogP contribution < -0.4 is 5.32 Å².